The third kappa shape index (κ3) is 1.04. The van der Waals surface area contributed by atoms with Crippen LogP contribution < -0.4 is 0 Å². The molecule has 0 aliphatic heterocycles. The van der Waals surface area contributed by atoms with Gasteiger partial charge in [-0.2, -0.15) is 0 Å². The minimum atomic E-state index is -0.328. The van der Waals surface area contributed by atoms with E-state index < -0.39 is 0 Å². The molecule has 0 fully saturated rings. The summed E-state index contributed by atoms with van der Waals surface area (Å²) in [6.45, 7) is 0. The smallest absolute Gasteiger partial charge is 0.134 e. The van der Waals surface area contributed by atoms with Crippen LogP contribution >= 0.6 is 11.6 Å². The van der Waals surface area contributed by atoms with Crippen molar-refractivity contribution in [1.29, 1.82) is 0 Å². The molecule has 2 aromatic rings. The molecule has 2 rings (SSSR count). The van der Waals surface area contributed by atoms with Gasteiger partial charge in [0.2, 0.25) is 0 Å². The average molecular weight is 182 g/mol. The second-order valence-corrected chi connectivity index (χ2v) is 2.83. The third-order valence-corrected chi connectivity index (χ3v) is 1.98. The Morgan fingerprint density at radius 2 is 2.08 bits per heavy atom. The highest BCUT2D eigenvalue weighted by Crippen LogP contribution is 2.23. The molecule has 0 unspecified atom stereocenters. The van der Waals surface area contributed by atoms with Crippen molar-refractivity contribution >= 4 is 22.5 Å². The molecule has 0 radical (unpaired) electrons. The highest BCUT2D eigenvalue weighted by Gasteiger charge is 2.03. The molecule has 3 heteroatoms. The van der Waals surface area contributed by atoms with Crippen LogP contribution in [0, 0.1) is 5.82 Å². The van der Waals surface area contributed by atoms with Crippen LogP contribution in [0.4, 0.5) is 4.39 Å². The predicted molar refractivity (Wildman–Crippen MR) is 46.7 cm³/mol. The Morgan fingerprint density at radius 3 is 2.83 bits per heavy atom. The van der Waals surface area contributed by atoms with Crippen LogP contribution in [-0.2, 0) is 0 Å². The van der Waals surface area contributed by atoms with Gasteiger partial charge in [0.15, 0.2) is 0 Å². The van der Waals surface area contributed by atoms with Gasteiger partial charge in [-0.25, -0.2) is 4.39 Å². The van der Waals surface area contributed by atoms with E-state index in [0.717, 1.165) is 0 Å². The van der Waals surface area contributed by atoms with E-state index in [0.29, 0.717) is 15.9 Å². The molecule has 0 N–H and O–H groups in total. The summed E-state index contributed by atoms with van der Waals surface area (Å²) >= 11 is 5.78. The van der Waals surface area contributed by atoms with Gasteiger partial charge in [-0.15, -0.1) is 0 Å². The van der Waals surface area contributed by atoms with Crippen LogP contribution in [-0.4, -0.2) is 4.98 Å². The van der Waals surface area contributed by atoms with Gasteiger partial charge in [-0.1, -0.05) is 17.7 Å². The zero-order chi connectivity index (χ0) is 8.55. The molecule has 0 spiro atoms. The van der Waals surface area contributed by atoms with Crippen LogP contribution in [0.25, 0.3) is 10.9 Å². The molecule has 0 aliphatic rings. The Hall–Kier alpha value is -1.15. The standard InChI is InChI=1S/C9H5ClFN/c10-6-4-5-12-8-3-1-2-7(11)9(6)8/h1-5H. The zero-order valence-corrected chi connectivity index (χ0v) is 6.85. The second-order valence-electron chi connectivity index (χ2n) is 2.43. The maximum atomic E-state index is 13.1. The van der Waals surface area contributed by atoms with Crippen LogP contribution in [0.2, 0.25) is 5.02 Å². The van der Waals surface area contributed by atoms with Gasteiger partial charge >= 0.3 is 0 Å². The molecule has 0 aliphatic carbocycles. The van der Waals surface area contributed by atoms with Crippen molar-refractivity contribution in [3.8, 4) is 0 Å². The first-order valence-electron chi connectivity index (χ1n) is 3.48. The maximum Gasteiger partial charge on any atom is 0.134 e. The number of fused-ring (bicyclic) bond motifs is 1. The molecule has 1 aromatic heterocycles. The van der Waals surface area contributed by atoms with Crippen LogP contribution in [0.1, 0.15) is 0 Å². The van der Waals surface area contributed by atoms with Crippen molar-refractivity contribution in [2.45, 2.75) is 0 Å². The highest BCUT2D eigenvalue weighted by molar-refractivity contribution is 6.35. The lowest BCUT2D eigenvalue weighted by Crippen LogP contribution is -1.82. The summed E-state index contributed by atoms with van der Waals surface area (Å²) in [7, 11) is 0. The van der Waals surface area contributed by atoms with E-state index in [1.807, 2.05) is 0 Å². The Bertz CT molecular complexity index is 391. The van der Waals surface area contributed by atoms with Gasteiger partial charge in [-0.05, 0) is 18.2 Å². The Labute approximate surface area is 73.8 Å². The number of pyridine rings is 1. The summed E-state index contributed by atoms with van der Waals surface area (Å²) in [4.78, 5) is 3.98. The number of hydrogen-bond donors (Lipinski definition) is 0. The molecule has 0 saturated carbocycles. The number of aromatic nitrogens is 1. The van der Waals surface area contributed by atoms with Gasteiger partial charge in [0.1, 0.15) is 5.82 Å². The molecule has 0 atom stereocenters. The maximum absolute atomic E-state index is 13.1. The van der Waals surface area contributed by atoms with E-state index >= 15 is 0 Å². The first-order valence-corrected chi connectivity index (χ1v) is 3.85. The lowest BCUT2D eigenvalue weighted by molar-refractivity contribution is 0.639. The summed E-state index contributed by atoms with van der Waals surface area (Å²) in [5, 5.41) is 0.791. The van der Waals surface area contributed by atoms with E-state index in [1.165, 1.54) is 6.07 Å². The molecule has 12 heavy (non-hydrogen) atoms. The van der Waals surface area contributed by atoms with Crippen molar-refractivity contribution in [2.75, 3.05) is 0 Å². The quantitative estimate of drug-likeness (QED) is 0.609. The summed E-state index contributed by atoms with van der Waals surface area (Å²) in [5.41, 5.74) is 0.586. The number of rotatable bonds is 0. The Kier molecular flexibility index (Phi) is 1.70. The van der Waals surface area contributed by atoms with Crippen molar-refractivity contribution in [3.63, 3.8) is 0 Å². The van der Waals surface area contributed by atoms with Crippen LogP contribution in [0.3, 0.4) is 0 Å². The zero-order valence-electron chi connectivity index (χ0n) is 6.09. The summed E-state index contributed by atoms with van der Waals surface area (Å²) in [6, 6.07) is 6.29. The Balaban J connectivity index is 2.96. The van der Waals surface area contributed by atoms with Crippen LogP contribution in [0.15, 0.2) is 30.5 Å². The fourth-order valence-electron chi connectivity index (χ4n) is 1.12. The fraction of sp³-hybridized carbons (Fsp3) is 0. The minimum Gasteiger partial charge on any atom is -0.256 e. The molecule has 1 heterocycles. The number of benzene rings is 1. The third-order valence-electron chi connectivity index (χ3n) is 1.66. The van der Waals surface area contributed by atoms with Crippen molar-refractivity contribution in [3.05, 3.63) is 41.3 Å². The normalized spacial score (nSPS) is 10.5. The van der Waals surface area contributed by atoms with Crippen LogP contribution in [0.5, 0.6) is 0 Å². The van der Waals surface area contributed by atoms with E-state index in [9.17, 15) is 4.39 Å². The molecule has 0 amide bonds. The Morgan fingerprint density at radius 1 is 1.25 bits per heavy atom. The first-order chi connectivity index (χ1) is 5.79. The molecule has 0 bridgehead atoms. The van der Waals surface area contributed by atoms with E-state index in [-0.39, 0.29) is 5.82 Å². The minimum absolute atomic E-state index is 0.328. The first kappa shape index (κ1) is 7.50. The number of nitrogens with zero attached hydrogens (tertiary/aromatic N) is 1. The summed E-state index contributed by atoms with van der Waals surface area (Å²) in [6.07, 6.45) is 1.56. The molecular weight excluding hydrogens is 177 g/mol. The molecule has 1 aromatic carbocycles. The fourth-order valence-corrected chi connectivity index (χ4v) is 1.37. The van der Waals surface area contributed by atoms with Gasteiger partial charge in [-0.3, -0.25) is 4.98 Å². The SMILES string of the molecule is Fc1cccc2nccc(Cl)c12. The second kappa shape index (κ2) is 2.72. The van der Waals surface area contributed by atoms with E-state index in [4.69, 9.17) is 11.6 Å². The van der Waals surface area contributed by atoms with Gasteiger partial charge < -0.3 is 0 Å². The van der Waals surface area contributed by atoms with Crippen molar-refractivity contribution < 1.29 is 4.39 Å². The van der Waals surface area contributed by atoms with Gasteiger partial charge in [0, 0.05) is 6.20 Å². The van der Waals surface area contributed by atoms with Gasteiger partial charge in [0.25, 0.3) is 0 Å². The number of hydrogen-bond acceptors (Lipinski definition) is 1. The van der Waals surface area contributed by atoms with Gasteiger partial charge in [0.05, 0.1) is 15.9 Å². The monoisotopic (exact) mass is 181 g/mol. The summed E-state index contributed by atoms with van der Waals surface area (Å²) in [5.74, 6) is -0.328. The largest absolute Gasteiger partial charge is 0.256 e. The molecular formula is C9H5ClFN. The lowest BCUT2D eigenvalue weighted by atomic mass is 10.2. The van der Waals surface area contributed by atoms with Crippen molar-refractivity contribution in [2.24, 2.45) is 0 Å². The predicted octanol–water partition coefficient (Wildman–Crippen LogP) is 3.03. The summed E-state index contributed by atoms with van der Waals surface area (Å²) < 4.78 is 13.1. The average Bonchev–Trinajstić information content (AvgIpc) is 2.04. The van der Waals surface area contributed by atoms with Crippen molar-refractivity contribution in [1.82, 2.24) is 4.98 Å². The molecule has 60 valence electrons. The van der Waals surface area contributed by atoms with E-state index in [2.05, 4.69) is 4.98 Å². The topological polar surface area (TPSA) is 12.9 Å². The molecule has 0 saturated heterocycles. The van der Waals surface area contributed by atoms with E-state index in [1.54, 1.807) is 24.4 Å². The highest BCUT2D eigenvalue weighted by atomic mass is 35.5. The number of halogens is 2. The molecule has 1 nitrogen and oxygen atoms in total. The lowest BCUT2D eigenvalue weighted by Gasteiger charge is -1.98.